The lowest BCUT2D eigenvalue weighted by molar-refractivity contribution is -0.252. The molecule has 0 fully saturated rings. The summed E-state index contributed by atoms with van der Waals surface area (Å²) in [6.07, 6.45) is 7.22. The predicted octanol–water partition coefficient (Wildman–Crippen LogP) is 6.73. The highest BCUT2D eigenvalue weighted by atomic mass is 17.2. The minimum absolute atomic E-state index is 0.0397. The lowest BCUT2D eigenvalue weighted by atomic mass is 9.72. The van der Waals surface area contributed by atoms with Crippen LogP contribution in [0, 0.1) is 5.41 Å². The number of hydrogen-bond acceptors (Lipinski definition) is 6. The Morgan fingerprint density at radius 2 is 1.56 bits per heavy atom. The van der Waals surface area contributed by atoms with Crippen molar-refractivity contribution in [2.24, 2.45) is 5.41 Å². The molecule has 0 N–H and O–H groups in total. The van der Waals surface area contributed by atoms with E-state index in [1.54, 1.807) is 24.3 Å². The first-order chi connectivity index (χ1) is 16.1. The number of rotatable bonds is 13. The monoisotopic (exact) mass is 468 g/mol. The molecule has 6 nitrogen and oxygen atoms in total. The van der Waals surface area contributed by atoms with Crippen LogP contribution in [0.25, 0.3) is 11.8 Å². The Morgan fingerprint density at radius 3 is 2.06 bits per heavy atom. The molecule has 0 aromatic heterocycles. The van der Waals surface area contributed by atoms with E-state index >= 15 is 0 Å². The molecule has 1 aromatic carbocycles. The summed E-state index contributed by atoms with van der Waals surface area (Å²) in [5.74, 6) is -2.47. The highest BCUT2D eigenvalue weighted by Crippen LogP contribution is 2.44. The summed E-state index contributed by atoms with van der Waals surface area (Å²) in [5, 5.41) is 0. The smallest absolute Gasteiger partial charge is 0.386 e. The lowest BCUT2D eigenvalue weighted by Crippen LogP contribution is -2.29. The average Bonchev–Trinajstić information content (AvgIpc) is 2.84. The second kappa shape index (κ2) is 14.0. The fourth-order valence-corrected chi connectivity index (χ4v) is 3.58. The highest BCUT2D eigenvalue weighted by molar-refractivity contribution is 6.01. The number of benzene rings is 1. The van der Waals surface area contributed by atoms with Crippen LogP contribution in [0.4, 0.5) is 0 Å². The van der Waals surface area contributed by atoms with Gasteiger partial charge in [0.05, 0.1) is 5.57 Å². The van der Waals surface area contributed by atoms with Crippen molar-refractivity contribution in [1.29, 1.82) is 0 Å². The normalized spacial score (nSPS) is 11.6. The van der Waals surface area contributed by atoms with Crippen LogP contribution in [0.5, 0.6) is 0 Å². The molecule has 0 heterocycles. The van der Waals surface area contributed by atoms with E-state index in [0.717, 1.165) is 31.8 Å². The van der Waals surface area contributed by atoms with Crippen LogP contribution in [-0.4, -0.2) is 17.9 Å². The number of carbonyl (C=O) groups is 3. The van der Waals surface area contributed by atoms with E-state index in [1.165, 1.54) is 6.92 Å². The second-order valence-corrected chi connectivity index (χ2v) is 8.41. The Morgan fingerprint density at radius 1 is 0.971 bits per heavy atom. The number of esters is 1. The molecule has 0 bridgehead atoms. The molecule has 184 valence electrons. The van der Waals surface area contributed by atoms with Crippen LogP contribution in [0.3, 0.4) is 0 Å². The fourth-order valence-electron chi connectivity index (χ4n) is 3.58. The van der Waals surface area contributed by atoms with E-state index in [9.17, 15) is 14.4 Å². The molecule has 0 saturated heterocycles. The van der Waals surface area contributed by atoms with E-state index in [2.05, 4.69) is 38.5 Å². The molecule has 0 radical (unpaired) electrons. The first kappa shape index (κ1) is 28.6. The molecule has 0 spiro atoms. The van der Waals surface area contributed by atoms with Crippen molar-refractivity contribution in [1.82, 2.24) is 0 Å². The van der Waals surface area contributed by atoms with E-state index in [4.69, 9.17) is 9.62 Å². The van der Waals surface area contributed by atoms with Gasteiger partial charge in [-0.1, -0.05) is 96.5 Å². The molecule has 0 aliphatic rings. The van der Waals surface area contributed by atoms with Crippen LogP contribution in [0.2, 0.25) is 0 Å². The minimum atomic E-state index is -0.913. The standard InChI is InChI=1S/C28H36O6/c1-8-12-18-28(7,19-13-9-2)24(27(31)34-33-23(29)11-4)25(32-26(30)20(5)6)22-17-15-14-16-21(22)10-3/h10-11,14-17H,3-5,8-9,12-13,18-19H2,1-2,6-7H3/b25-24-. The van der Waals surface area contributed by atoms with Gasteiger partial charge in [-0.25, -0.2) is 24.2 Å². The molecular weight excluding hydrogens is 432 g/mol. The van der Waals surface area contributed by atoms with Crippen LogP contribution in [0.15, 0.2) is 61.2 Å². The molecule has 0 saturated carbocycles. The number of ether oxygens (including phenoxy) is 1. The Kier molecular flexibility index (Phi) is 11.8. The predicted molar refractivity (Wildman–Crippen MR) is 134 cm³/mol. The summed E-state index contributed by atoms with van der Waals surface area (Å²) in [6, 6.07) is 7.12. The summed E-state index contributed by atoms with van der Waals surface area (Å²) in [6.45, 7) is 18.4. The molecule has 0 amide bonds. The summed E-state index contributed by atoms with van der Waals surface area (Å²) < 4.78 is 5.79. The van der Waals surface area contributed by atoms with Gasteiger partial charge in [0.25, 0.3) is 0 Å². The molecule has 1 aromatic rings. The van der Waals surface area contributed by atoms with Crippen molar-refractivity contribution in [3.05, 3.63) is 72.4 Å². The van der Waals surface area contributed by atoms with Crippen LogP contribution < -0.4 is 0 Å². The zero-order valence-corrected chi connectivity index (χ0v) is 20.8. The highest BCUT2D eigenvalue weighted by Gasteiger charge is 2.39. The van der Waals surface area contributed by atoms with Gasteiger partial charge in [0, 0.05) is 22.6 Å². The molecule has 1 rings (SSSR count). The van der Waals surface area contributed by atoms with Crippen LogP contribution in [-0.2, 0) is 28.9 Å². The van der Waals surface area contributed by atoms with Crippen molar-refractivity contribution >= 4 is 29.7 Å². The van der Waals surface area contributed by atoms with E-state index < -0.39 is 23.3 Å². The van der Waals surface area contributed by atoms with E-state index in [1.807, 2.05) is 13.0 Å². The van der Waals surface area contributed by atoms with Gasteiger partial charge in [-0.05, 0) is 25.3 Å². The first-order valence-corrected chi connectivity index (χ1v) is 11.5. The SMILES string of the molecule is C=CC(=O)OOC(=O)/C(=C(/OC(=O)C(=C)C)c1ccccc1C=C)C(C)(CCCC)CCCC. The third-order valence-corrected chi connectivity index (χ3v) is 5.53. The lowest BCUT2D eigenvalue weighted by Gasteiger charge is -2.32. The summed E-state index contributed by atoms with van der Waals surface area (Å²) >= 11 is 0. The second-order valence-electron chi connectivity index (χ2n) is 8.41. The zero-order valence-electron chi connectivity index (χ0n) is 20.8. The maximum atomic E-state index is 13.5. The van der Waals surface area contributed by atoms with Gasteiger partial charge in [0.2, 0.25) is 0 Å². The molecule has 0 aliphatic carbocycles. The quantitative estimate of drug-likeness (QED) is 0.105. The third-order valence-electron chi connectivity index (χ3n) is 5.53. The molecule has 34 heavy (non-hydrogen) atoms. The minimum Gasteiger partial charge on any atom is -0.422 e. The van der Waals surface area contributed by atoms with Gasteiger partial charge in [-0.15, -0.1) is 0 Å². The molecular formula is C28H36O6. The van der Waals surface area contributed by atoms with Crippen molar-refractivity contribution in [3.63, 3.8) is 0 Å². The maximum Gasteiger partial charge on any atom is 0.386 e. The Bertz CT molecular complexity index is 945. The Balaban J connectivity index is 3.95. The number of hydrogen-bond donors (Lipinski definition) is 0. The van der Waals surface area contributed by atoms with Crippen LogP contribution >= 0.6 is 0 Å². The average molecular weight is 469 g/mol. The van der Waals surface area contributed by atoms with Crippen molar-refractivity contribution < 1.29 is 28.9 Å². The molecule has 0 atom stereocenters. The number of carbonyl (C=O) groups excluding carboxylic acids is 3. The Hall–Kier alpha value is -3.41. The van der Waals surface area contributed by atoms with Gasteiger partial charge in [-0.2, -0.15) is 0 Å². The van der Waals surface area contributed by atoms with Gasteiger partial charge in [0.15, 0.2) is 0 Å². The Labute approximate surface area is 202 Å². The summed E-state index contributed by atoms with van der Waals surface area (Å²) in [4.78, 5) is 47.3. The fraction of sp³-hybridized carbons (Fsp3) is 0.393. The van der Waals surface area contributed by atoms with Crippen molar-refractivity contribution in [2.75, 3.05) is 0 Å². The van der Waals surface area contributed by atoms with Crippen molar-refractivity contribution in [3.8, 4) is 0 Å². The largest absolute Gasteiger partial charge is 0.422 e. The topological polar surface area (TPSA) is 78.9 Å². The summed E-state index contributed by atoms with van der Waals surface area (Å²) in [7, 11) is 0. The zero-order chi connectivity index (χ0) is 25.7. The maximum absolute atomic E-state index is 13.5. The van der Waals surface area contributed by atoms with Gasteiger partial charge in [0.1, 0.15) is 5.76 Å². The molecule has 0 unspecified atom stereocenters. The van der Waals surface area contributed by atoms with E-state index in [-0.39, 0.29) is 16.9 Å². The van der Waals surface area contributed by atoms with Gasteiger partial charge < -0.3 is 4.74 Å². The van der Waals surface area contributed by atoms with Crippen LogP contribution in [0.1, 0.15) is 77.3 Å². The summed E-state index contributed by atoms with van der Waals surface area (Å²) in [5.41, 5.74) is 0.711. The van der Waals surface area contributed by atoms with Gasteiger partial charge in [-0.3, -0.25) is 0 Å². The van der Waals surface area contributed by atoms with Gasteiger partial charge >= 0.3 is 17.9 Å². The van der Waals surface area contributed by atoms with E-state index in [0.29, 0.717) is 24.0 Å². The first-order valence-electron chi connectivity index (χ1n) is 11.5. The third kappa shape index (κ3) is 7.87. The van der Waals surface area contributed by atoms with Crippen molar-refractivity contribution in [2.45, 2.75) is 66.2 Å². The molecule has 6 heteroatoms. The number of unbranched alkanes of at least 4 members (excludes halogenated alkanes) is 2. The molecule has 0 aliphatic heterocycles.